The summed E-state index contributed by atoms with van der Waals surface area (Å²) < 4.78 is 16.0. The van der Waals surface area contributed by atoms with E-state index in [9.17, 15) is 19.2 Å². The Labute approximate surface area is 221 Å². The second kappa shape index (κ2) is 11.1. The van der Waals surface area contributed by atoms with Crippen molar-refractivity contribution in [3.05, 3.63) is 0 Å². The molecule has 0 bridgehead atoms. The van der Waals surface area contributed by atoms with Crippen LogP contribution in [0.4, 0.5) is 0 Å². The predicted molar refractivity (Wildman–Crippen MR) is 137 cm³/mol. The van der Waals surface area contributed by atoms with Crippen LogP contribution in [0.25, 0.3) is 0 Å². The van der Waals surface area contributed by atoms with Crippen molar-refractivity contribution in [2.75, 3.05) is 7.11 Å². The number of rotatable bonds is 10. The Balaban J connectivity index is 1.50. The topological polar surface area (TPSA) is 96.0 Å². The minimum atomic E-state index is -0.705. The normalized spacial score (nSPS) is 42.2. The van der Waals surface area contributed by atoms with Crippen molar-refractivity contribution in [1.82, 2.24) is 0 Å². The lowest BCUT2D eigenvalue weighted by Crippen LogP contribution is -2.59. The SMILES string of the molecule is COC(=O)C(C)C(=O)CC[C@@H](C)[C@H]1CCC2[C@@H]3[C@H](OC=O)C[C@@H]4C[C@H](OC=O)CC[C@]4(C)[C@H]3CC[C@@]21C. The van der Waals surface area contributed by atoms with Gasteiger partial charge in [0.2, 0.25) is 0 Å². The third kappa shape index (κ3) is 4.96. The highest BCUT2D eigenvalue weighted by atomic mass is 16.5. The quantitative estimate of drug-likeness (QED) is 0.171. The fourth-order valence-corrected chi connectivity index (χ4v) is 9.65. The Kier molecular flexibility index (Phi) is 8.40. The summed E-state index contributed by atoms with van der Waals surface area (Å²) in [4.78, 5) is 47.0. The van der Waals surface area contributed by atoms with E-state index < -0.39 is 11.9 Å². The molecule has 2 unspecified atom stereocenters. The number of ketones is 1. The van der Waals surface area contributed by atoms with Gasteiger partial charge in [-0.25, -0.2) is 0 Å². The molecule has 0 amide bonds. The molecule has 7 nitrogen and oxygen atoms in total. The van der Waals surface area contributed by atoms with Gasteiger partial charge < -0.3 is 14.2 Å². The van der Waals surface area contributed by atoms with Crippen molar-refractivity contribution < 1.29 is 33.4 Å². The van der Waals surface area contributed by atoms with Gasteiger partial charge in [-0.15, -0.1) is 0 Å². The second-order valence-corrected chi connectivity index (χ2v) is 13.1. The smallest absolute Gasteiger partial charge is 0.315 e. The van der Waals surface area contributed by atoms with Crippen LogP contribution < -0.4 is 0 Å². The summed E-state index contributed by atoms with van der Waals surface area (Å²) in [6.07, 6.45) is 9.30. The van der Waals surface area contributed by atoms with Crippen molar-refractivity contribution in [1.29, 1.82) is 0 Å². The second-order valence-electron chi connectivity index (χ2n) is 13.1. The van der Waals surface area contributed by atoms with Gasteiger partial charge >= 0.3 is 5.97 Å². The van der Waals surface area contributed by atoms with Crippen LogP contribution in [0.1, 0.15) is 91.9 Å². The first-order valence-electron chi connectivity index (χ1n) is 14.4. The van der Waals surface area contributed by atoms with Gasteiger partial charge in [0.15, 0.2) is 0 Å². The lowest BCUT2D eigenvalue weighted by Gasteiger charge is -2.62. The first-order chi connectivity index (χ1) is 17.6. The summed E-state index contributed by atoms with van der Waals surface area (Å²) in [6, 6.07) is 0. The number of carbonyl (C=O) groups is 4. The molecule has 7 heteroatoms. The van der Waals surface area contributed by atoms with Crippen LogP contribution in [0, 0.1) is 52.3 Å². The Hall–Kier alpha value is -1.92. The molecule has 0 spiro atoms. The summed E-state index contributed by atoms with van der Waals surface area (Å²) in [6.45, 7) is 10.0. The van der Waals surface area contributed by atoms with E-state index in [1.807, 2.05) is 0 Å². The minimum Gasteiger partial charge on any atom is -0.468 e. The highest BCUT2D eigenvalue weighted by molar-refractivity contribution is 5.98. The maximum absolute atomic E-state index is 12.6. The van der Waals surface area contributed by atoms with E-state index in [1.165, 1.54) is 7.11 Å². The minimum absolute atomic E-state index is 0.0285. The van der Waals surface area contributed by atoms with Gasteiger partial charge in [0.05, 0.1) is 7.11 Å². The van der Waals surface area contributed by atoms with E-state index in [1.54, 1.807) is 6.92 Å². The molecule has 4 aliphatic rings. The number of fused-ring (bicyclic) bond motifs is 5. The van der Waals surface area contributed by atoms with Crippen LogP contribution in [0.5, 0.6) is 0 Å². The first kappa shape index (κ1) is 28.1. The van der Waals surface area contributed by atoms with Crippen molar-refractivity contribution >= 4 is 24.7 Å². The van der Waals surface area contributed by atoms with E-state index in [4.69, 9.17) is 14.2 Å². The van der Waals surface area contributed by atoms with Crippen molar-refractivity contribution in [3.63, 3.8) is 0 Å². The summed E-state index contributed by atoms with van der Waals surface area (Å²) in [5.74, 6) is 1.43. The molecule has 4 aliphatic carbocycles. The molecule has 37 heavy (non-hydrogen) atoms. The molecular weight excluding hydrogens is 472 g/mol. The molecule has 4 saturated carbocycles. The number of carbonyl (C=O) groups excluding carboxylic acids is 4. The van der Waals surface area contributed by atoms with E-state index in [-0.39, 0.29) is 28.8 Å². The van der Waals surface area contributed by atoms with E-state index in [0.29, 0.717) is 54.9 Å². The number of esters is 1. The number of hydrogen-bond donors (Lipinski definition) is 0. The molecule has 0 aliphatic heterocycles. The predicted octanol–water partition coefficient (Wildman–Crippen LogP) is 5.13. The highest BCUT2D eigenvalue weighted by Gasteiger charge is 2.63. The molecule has 0 radical (unpaired) electrons. The maximum atomic E-state index is 12.6. The molecule has 0 saturated heterocycles. The van der Waals surface area contributed by atoms with Crippen LogP contribution in [-0.4, -0.2) is 44.0 Å². The molecular formula is C30H46O7. The number of Topliss-reactive ketones (excluding diaryl/α,β-unsaturated/α-hetero) is 1. The zero-order valence-electron chi connectivity index (χ0n) is 23.3. The summed E-state index contributed by atoms with van der Waals surface area (Å²) >= 11 is 0. The number of methoxy groups -OCH3 is 1. The van der Waals surface area contributed by atoms with Gasteiger partial charge in [0.25, 0.3) is 12.9 Å². The van der Waals surface area contributed by atoms with Crippen LogP contribution in [0.2, 0.25) is 0 Å². The molecule has 0 N–H and O–H groups in total. The molecule has 208 valence electrons. The molecule has 4 rings (SSSR count). The van der Waals surface area contributed by atoms with Gasteiger partial charge in [-0.05, 0) is 105 Å². The lowest BCUT2D eigenvalue weighted by molar-refractivity contribution is -0.190. The zero-order valence-corrected chi connectivity index (χ0v) is 23.3. The molecule has 11 atom stereocenters. The monoisotopic (exact) mass is 518 g/mol. The third-order valence-corrected chi connectivity index (χ3v) is 11.7. The Morgan fingerprint density at radius 1 is 0.919 bits per heavy atom. The summed E-state index contributed by atoms with van der Waals surface area (Å²) in [7, 11) is 1.32. The average molecular weight is 519 g/mol. The maximum Gasteiger partial charge on any atom is 0.315 e. The van der Waals surface area contributed by atoms with Crippen molar-refractivity contribution in [2.45, 2.75) is 104 Å². The standard InChI is InChI=1S/C30H46O7/c1-18(6-9-25(33)19(2)28(34)35-5)22-7-8-23-27-24(11-13-30(22,23)4)29(3)12-10-21(36-16-31)14-20(29)15-26(27)37-17-32/h16-24,26-27H,6-15H2,1-5H3/t18-,19?,20+,21-,22-,23?,24+,26-,27+,29+,30-/m1/s1. The van der Waals surface area contributed by atoms with E-state index in [0.717, 1.165) is 57.8 Å². The summed E-state index contributed by atoms with van der Waals surface area (Å²) in [5.41, 5.74) is 0.334. The van der Waals surface area contributed by atoms with Crippen molar-refractivity contribution in [2.24, 2.45) is 52.3 Å². The Morgan fingerprint density at radius 2 is 1.59 bits per heavy atom. The van der Waals surface area contributed by atoms with Gasteiger partial charge in [-0.3, -0.25) is 19.2 Å². The third-order valence-electron chi connectivity index (χ3n) is 11.7. The van der Waals surface area contributed by atoms with Crippen LogP contribution >= 0.6 is 0 Å². The first-order valence-corrected chi connectivity index (χ1v) is 14.4. The Bertz CT molecular complexity index is 872. The van der Waals surface area contributed by atoms with E-state index >= 15 is 0 Å². The summed E-state index contributed by atoms with van der Waals surface area (Å²) in [5, 5.41) is 0. The molecule has 0 aromatic heterocycles. The largest absolute Gasteiger partial charge is 0.468 e. The van der Waals surface area contributed by atoms with E-state index in [2.05, 4.69) is 20.8 Å². The fourth-order valence-electron chi connectivity index (χ4n) is 9.65. The average Bonchev–Trinajstić information content (AvgIpc) is 3.24. The Morgan fingerprint density at radius 3 is 2.27 bits per heavy atom. The molecule has 0 heterocycles. The van der Waals surface area contributed by atoms with Gasteiger partial charge in [-0.2, -0.15) is 0 Å². The zero-order chi connectivity index (χ0) is 27.0. The van der Waals surface area contributed by atoms with Crippen LogP contribution in [0.15, 0.2) is 0 Å². The highest BCUT2D eigenvalue weighted by Crippen LogP contribution is 2.68. The van der Waals surface area contributed by atoms with Gasteiger partial charge in [0, 0.05) is 12.3 Å². The number of ether oxygens (including phenoxy) is 3. The lowest BCUT2D eigenvalue weighted by atomic mass is 9.43. The van der Waals surface area contributed by atoms with Crippen LogP contribution in [-0.2, 0) is 33.4 Å². The number of hydrogen-bond acceptors (Lipinski definition) is 7. The molecule has 4 fully saturated rings. The molecule has 0 aromatic rings. The molecule has 0 aromatic carbocycles. The van der Waals surface area contributed by atoms with Crippen molar-refractivity contribution in [3.8, 4) is 0 Å². The van der Waals surface area contributed by atoms with Crippen LogP contribution in [0.3, 0.4) is 0 Å². The fraction of sp³-hybridized carbons (Fsp3) is 0.867. The van der Waals surface area contributed by atoms with Gasteiger partial charge in [-0.1, -0.05) is 20.8 Å². The van der Waals surface area contributed by atoms with Gasteiger partial charge in [0.1, 0.15) is 23.9 Å².